The molecule has 100 valence electrons. The Balaban J connectivity index is 1.76. The van der Waals surface area contributed by atoms with Gasteiger partial charge < -0.3 is 10.7 Å². The second kappa shape index (κ2) is 4.46. The zero-order valence-corrected chi connectivity index (χ0v) is 11.2. The highest BCUT2D eigenvalue weighted by atomic mass is 14.9. The van der Waals surface area contributed by atoms with Crippen LogP contribution in [0.1, 0.15) is 24.6 Å². The van der Waals surface area contributed by atoms with Crippen LogP contribution in [0.25, 0.3) is 22.0 Å². The van der Waals surface area contributed by atoms with E-state index in [-0.39, 0.29) is 0 Å². The number of aromatic nitrogens is 2. The maximum Gasteiger partial charge on any atom is 0.109 e. The van der Waals surface area contributed by atoms with E-state index in [1.165, 1.54) is 16.3 Å². The molecule has 1 aliphatic rings. The fourth-order valence-electron chi connectivity index (χ4n) is 3.03. The van der Waals surface area contributed by atoms with Crippen LogP contribution < -0.4 is 5.73 Å². The maximum absolute atomic E-state index is 5.86. The maximum atomic E-state index is 5.86. The third kappa shape index (κ3) is 1.82. The molecule has 0 atom stereocenters. The molecule has 0 spiro atoms. The summed E-state index contributed by atoms with van der Waals surface area (Å²) < 4.78 is 0. The van der Waals surface area contributed by atoms with Gasteiger partial charge in [-0.3, -0.25) is 0 Å². The van der Waals surface area contributed by atoms with Crippen LogP contribution in [-0.2, 0) is 0 Å². The van der Waals surface area contributed by atoms with Gasteiger partial charge in [-0.2, -0.15) is 0 Å². The molecule has 1 aromatic heterocycles. The van der Waals surface area contributed by atoms with E-state index >= 15 is 0 Å². The highest BCUT2D eigenvalue weighted by Crippen LogP contribution is 2.35. The van der Waals surface area contributed by atoms with Crippen molar-refractivity contribution in [3.8, 4) is 11.3 Å². The van der Waals surface area contributed by atoms with Gasteiger partial charge >= 0.3 is 0 Å². The van der Waals surface area contributed by atoms with Crippen LogP contribution in [0.5, 0.6) is 0 Å². The summed E-state index contributed by atoms with van der Waals surface area (Å²) in [4.78, 5) is 8.02. The summed E-state index contributed by atoms with van der Waals surface area (Å²) >= 11 is 0. The highest BCUT2D eigenvalue weighted by Gasteiger charge is 2.29. The fourth-order valence-corrected chi connectivity index (χ4v) is 3.03. The Hall–Kier alpha value is -2.13. The van der Waals surface area contributed by atoms with Crippen molar-refractivity contribution in [2.24, 2.45) is 5.73 Å². The van der Waals surface area contributed by atoms with Gasteiger partial charge in [-0.1, -0.05) is 42.5 Å². The molecule has 1 aliphatic carbocycles. The molecule has 4 rings (SSSR count). The molecule has 20 heavy (non-hydrogen) atoms. The zero-order chi connectivity index (χ0) is 13.5. The number of nitrogens with two attached hydrogens (primary N) is 1. The molecule has 3 nitrogen and oxygen atoms in total. The van der Waals surface area contributed by atoms with E-state index in [9.17, 15) is 0 Å². The Kier molecular flexibility index (Phi) is 2.60. The standard InChI is InChI=1S/C17H17N3/c18-13-8-12(9-13)17-19-10-16(20-17)15-7-3-5-11-4-1-2-6-14(11)15/h1-7,10,12-13H,8-9,18H2,(H,19,20). The first kappa shape index (κ1) is 11.7. The molecule has 0 radical (unpaired) electrons. The van der Waals surface area contributed by atoms with Crippen LogP contribution >= 0.6 is 0 Å². The smallest absolute Gasteiger partial charge is 0.109 e. The number of aromatic amines is 1. The number of H-pyrrole nitrogens is 1. The molecule has 2 aromatic carbocycles. The number of benzene rings is 2. The van der Waals surface area contributed by atoms with E-state index in [4.69, 9.17) is 5.73 Å². The van der Waals surface area contributed by atoms with E-state index in [1.807, 2.05) is 6.20 Å². The number of hydrogen-bond acceptors (Lipinski definition) is 2. The summed E-state index contributed by atoms with van der Waals surface area (Å²) in [6, 6.07) is 15.2. The quantitative estimate of drug-likeness (QED) is 0.744. The first-order valence-corrected chi connectivity index (χ1v) is 7.10. The van der Waals surface area contributed by atoms with E-state index < -0.39 is 0 Å². The van der Waals surface area contributed by atoms with Gasteiger partial charge in [0.25, 0.3) is 0 Å². The Morgan fingerprint density at radius 2 is 1.85 bits per heavy atom. The lowest BCUT2D eigenvalue weighted by atomic mass is 9.80. The predicted molar refractivity (Wildman–Crippen MR) is 81.5 cm³/mol. The lowest BCUT2D eigenvalue weighted by molar-refractivity contribution is 0.340. The summed E-state index contributed by atoms with van der Waals surface area (Å²) in [6.07, 6.45) is 4.03. The van der Waals surface area contributed by atoms with Gasteiger partial charge in [-0.25, -0.2) is 4.98 Å². The molecule has 1 fully saturated rings. The minimum atomic E-state index is 0.353. The fraction of sp³-hybridized carbons (Fsp3) is 0.235. The first-order chi connectivity index (χ1) is 9.81. The molecule has 0 bridgehead atoms. The average molecular weight is 263 g/mol. The molecule has 3 heteroatoms. The number of rotatable bonds is 2. The van der Waals surface area contributed by atoms with Crippen LogP contribution in [0.2, 0.25) is 0 Å². The molecule has 0 saturated heterocycles. The molecule has 1 heterocycles. The molecule has 0 unspecified atom stereocenters. The van der Waals surface area contributed by atoms with Gasteiger partial charge in [0, 0.05) is 17.5 Å². The molecular weight excluding hydrogens is 246 g/mol. The van der Waals surface area contributed by atoms with E-state index in [0.717, 1.165) is 24.4 Å². The zero-order valence-electron chi connectivity index (χ0n) is 11.2. The van der Waals surface area contributed by atoms with Crippen LogP contribution in [0.15, 0.2) is 48.7 Å². The Morgan fingerprint density at radius 3 is 2.70 bits per heavy atom. The molecule has 0 amide bonds. The summed E-state index contributed by atoms with van der Waals surface area (Å²) in [5.41, 5.74) is 8.16. The number of imidazole rings is 1. The lowest BCUT2D eigenvalue weighted by Gasteiger charge is -2.30. The normalized spacial score (nSPS) is 21.9. The molecule has 3 N–H and O–H groups in total. The minimum absolute atomic E-state index is 0.353. The van der Waals surface area contributed by atoms with Crippen molar-refractivity contribution in [1.82, 2.24) is 9.97 Å². The van der Waals surface area contributed by atoms with Gasteiger partial charge in [-0.15, -0.1) is 0 Å². The highest BCUT2D eigenvalue weighted by molar-refractivity contribution is 5.95. The van der Waals surface area contributed by atoms with Gasteiger partial charge in [0.05, 0.1) is 11.9 Å². The second-order valence-electron chi connectivity index (χ2n) is 5.64. The van der Waals surface area contributed by atoms with Crippen molar-refractivity contribution in [3.63, 3.8) is 0 Å². The van der Waals surface area contributed by atoms with Crippen LogP contribution in [0.4, 0.5) is 0 Å². The third-order valence-corrected chi connectivity index (χ3v) is 4.24. The number of nitrogens with one attached hydrogen (secondary N) is 1. The van der Waals surface area contributed by atoms with E-state index in [0.29, 0.717) is 12.0 Å². The van der Waals surface area contributed by atoms with Crippen LogP contribution in [-0.4, -0.2) is 16.0 Å². The van der Waals surface area contributed by atoms with Crippen LogP contribution in [0.3, 0.4) is 0 Å². The van der Waals surface area contributed by atoms with Gasteiger partial charge in [0.1, 0.15) is 5.82 Å². The second-order valence-corrected chi connectivity index (χ2v) is 5.64. The topological polar surface area (TPSA) is 54.7 Å². The largest absolute Gasteiger partial charge is 0.342 e. The van der Waals surface area contributed by atoms with Crippen molar-refractivity contribution in [1.29, 1.82) is 0 Å². The summed E-state index contributed by atoms with van der Waals surface area (Å²) in [5.74, 6) is 1.59. The molecule has 1 saturated carbocycles. The first-order valence-electron chi connectivity index (χ1n) is 7.10. The Bertz CT molecular complexity index is 748. The molecule has 3 aromatic rings. The average Bonchev–Trinajstić information content (AvgIpc) is 2.92. The summed E-state index contributed by atoms with van der Waals surface area (Å²) in [6.45, 7) is 0. The SMILES string of the molecule is NC1CC(c2ncc(-c3cccc4ccccc34)[nH]2)C1. The lowest BCUT2D eigenvalue weighted by Crippen LogP contribution is -2.35. The van der Waals surface area contributed by atoms with Gasteiger partial charge in [0.15, 0.2) is 0 Å². The van der Waals surface area contributed by atoms with Crippen molar-refractivity contribution in [3.05, 3.63) is 54.5 Å². The van der Waals surface area contributed by atoms with E-state index in [1.54, 1.807) is 0 Å². The van der Waals surface area contributed by atoms with Crippen LogP contribution in [0, 0.1) is 0 Å². The van der Waals surface area contributed by atoms with Crippen molar-refractivity contribution < 1.29 is 0 Å². The Labute approximate surface area is 117 Å². The summed E-state index contributed by atoms with van der Waals surface area (Å²) in [5, 5.41) is 2.52. The number of hydrogen-bond donors (Lipinski definition) is 2. The number of nitrogens with zero attached hydrogens (tertiary/aromatic N) is 1. The van der Waals surface area contributed by atoms with E-state index in [2.05, 4.69) is 52.4 Å². The Morgan fingerprint density at radius 1 is 1.05 bits per heavy atom. The minimum Gasteiger partial charge on any atom is -0.342 e. The summed E-state index contributed by atoms with van der Waals surface area (Å²) in [7, 11) is 0. The van der Waals surface area contributed by atoms with Gasteiger partial charge in [0.2, 0.25) is 0 Å². The monoisotopic (exact) mass is 263 g/mol. The van der Waals surface area contributed by atoms with Crippen molar-refractivity contribution in [2.75, 3.05) is 0 Å². The van der Waals surface area contributed by atoms with Crippen molar-refractivity contribution in [2.45, 2.75) is 24.8 Å². The van der Waals surface area contributed by atoms with Crippen molar-refractivity contribution >= 4 is 10.8 Å². The molecule has 0 aliphatic heterocycles. The molecular formula is C17H17N3. The third-order valence-electron chi connectivity index (χ3n) is 4.24. The van der Waals surface area contributed by atoms with Gasteiger partial charge in [-0.05, 0) is 23.6 Å². The predicted octanol–water partition coefficient (Wildman–Crippen LogP) is 3.43. The number of fused-ring (bicyclic) bond motifs is 1.